The van der Waals surface area contributed by atoms with Gasteiger partial charge in [0.2, 0.25) is 17.7 Å². The van der Waals surface area contributed by atoms with E-state index in [9.17, 15) is 19.2 Å². The zero-order chi connectivity index (χ0) is 23.8. The Morgan fingerprint density at radius 3 is 1.65 bits per heavy atom. The molecule has 0 radical (unpaired) electrons. The molecule has 0 spiro atoms. The SMILES string of the molecule is NCCCCC(N)C(=O)NC(CCCCN)C(=O)NC(CS)C(=O)NC(CS)C(=O)O. The first-order chi connectivity index (χ1) is 14.7. The van der Waals surface area contributed by atoms with E-state index in [0.717, 1.165) is 6.42 Å². The Hall–Kier alpha value is -1.54. The van der Waals surface area contributed by atoms with Crippen molar-refractivity contribution in [1.29, 1.82) is 0 Å². The molecule has 0 aliphatic heterocycles. The highest BCUT2D eigenvalue weighted by molar-refractivity contribution is 7.80. The van der Waals surface area contributed by atoms with Gasteiger partial charge < -0.3 is 38.3 Å². The number of carbonyl (C=O) groups is 4. The lowest BCUT2D eigenvalue weighted by Gasteiger charge is -2.24. The summed E-state index contributed by atoms with van der Waals surface area (Å²) in [6, 6.07) is -4.01. The number of carboxylic acid groups (broad SMARTS) is 1. The summed E-state index contributed by atoms with van der Waals surface area (Å²) in [5.74, 6) is -3.21. The van der Waals surface area contributed by atoms with Crippen molar-refractivity contribution in [2.75, 3.05) is 24.6 Å². The molecule has 0 aromatic carbocycles. The first-order valence-electron chi connectivity index (χ1n) is 10.2. The molecular formula is C18H36N6O5S2. The lowest BCUT2D eigenvalue weighted by molar-refractivity contribution is -0.141. The molecule has 0 bridgehead atoms. The molecule has 0 aliphatic rings. The van der Waals surface area contributed by atoms with Crippen LogP contribution in [0.1, 0.15) is 38.5 Å². The number of nitrogens with two attached hydrogens (primary N) is 3. The molecule has 11 nitrogen and oxygen atoms in total. The second-order valence-electron chi connectivity index (χ2n) is 7.06. The maximum atomic E-state index is 12.8. The van der Waals surface area contributed by atoms with Crippen LogP contribution in [0, 0.1) is 0 Å². The predicted molar refractivity (Wildman–Crippen MR) is 125 cm³/mol. The predicted octanol–water partition coefficient (Wildman–Crippen LogP) is -2.03. The first-order valence-corrected chi connectivity index (χ1v) is 11.5. The van der Waals surface area contributed by atoms with Crippen molar-refractivity contribution in [3.05, 3.63) is 0 Å². The van der Waals surface area contributed by atoms with E-state index < -0.39 is 47.9 Å². The topological polar surface area (TPSA) is 203 Å². The molecule has 0 aromatic heterocycles. The van der Waals surface area contributed by atoms with Crippen LogP contribution in [0.15, 0.2) is 0 Å². The van der Waals surface area contributed by atoms with Gasteiger partial charge in [-0.15, -0.1) is 0 Å². The summed E-state index contributed by atoms with van der Waals surface area (Å²) in [7, 11) is 0. The maximum absolute atomic E-state index is 12.8. The Balaban J connectivity index is 5.09. The van der Waals surface area contributed by atoms with Gasteiger partial charge in [-0.3, -0.25) is 14.4 Å². The lowest BCUT2D eigenvalue weighted by Crippen LogP contribution is -2.57. The highest BCUT2D eigenvalue weighted by Gasteiger charge is 2.29. The summed E-state index contributed by atoms with van der Waals surface area (Å²) in [4.78, 5) is 48.6. The normalized spacial score (nSPS) is 14.7. The number of hydrogen-bond donors (Lipinski definition) is 9. The van der Waals surface area contributed by atoms with Crippen molar-refractivity contribution in [1.82, 2.24) is 16.0 Å². The van der Waals surface area contributed by atoms with Gasteiger partial charge in [0, 0.05) is 11.5 Å². The van der Waals surface area contributed by atoms with Gasteiger partial charge in [-0.1, -0.05) is 6.42 Å². The summed E-state index contributed by atoms with van der Waals surface area (Å²) < 4.78 is 0. The summed E-state index contributed by atoms with van der Waals surface area (Å²) >= 11 is 7.95. The summed E-state index contributed by atoms with van der Waals surface area (Å²) in [6.45, 7) is 0.935. The molecule has 0 heterocycles. The van der Waals surface area contributed by atoms with Gasteiger partial charge in [-0.2, -0.15) is 25.3 Å². The van der Waals surface area contributed by atoms with Crippen LogP contribution in [0.25, 0.3) is 0 Å². The van der Waals surface area contributed by atoms with Crippen LogP contribution < -0.4 is 33.2 Å². The van der Waals surface area contributed by atoms with Crippen LogP contribution in [0.3, 0.4) is 0 Å². The number of hydrogen-bond acceptors (Lipinski definition) is 9. The number of amides is 3. The fraction of sp³-hybridized carbons (Fsp3) is 0.778. The maximum Gasteiger partial charge on any atom is 0.327 e. The zero-order valence-electron chi connectivity index (χ0n) is 17.6. The Kier molecular flexibility index (Phi) is 16.2. The van der Waals surface area contributed by atoms with Gasteiger partial charge in [0.25, 0.3) is 0 Å². The molecule has 13 heteroatoms. The van der Waals surface area contributed by atoms with E-state index in [-0.39, 0.29) is 11.5 Å². The van der Waals surface area contributed by atoms with Crippen molar-refractivity contribution >= 4 is 48.9 Å². The van der Waals surface area contributed by atoms with Crippen LogP contribution in [-0.2, 0) is 19.2 Å². The molecule has 180 valence electrons. The minimum absolute atomic E-state index is 0.0709. The van der Waals surface area contributed by atoms with Crippen LogP contribution in [0.5, 0.6) is 0 Å². The number of rotatable bonds is 17. The van der Waals surface area contributed by atoms with Gasteiger partial charge in [-0.05, 0) is 45.2 Å². The minimum Gasteiger partial charge on any atom is -0.480 e. The molecule has 31 heavy (non-hydrogen) atoms. The minimum atomic E-state index is -1.25. The number of nitrogens with one attached hydrogen (secondary N) is 3. The van der Waals surface area contributed by atoms with Gasteiger partial charge in [0.15, 0.2) is 0 Å². The number of carbonyl (C=O) groups excluding carboxylic acids is 3. The monoisotopic (exact) mass is 480 g/mol. The van der Waals surface area contributed by atoms with E-state index in [2.05, 4.69) is 41.2 Å². The van der Waals surface area contributed by atoms with Crippen molar-refractivity contribution < 1.29 is 24.3 Å². The molecule has 0 saturated carbocycles. The van der Waals surface area contributed by atoms with Crippen LogP contribution in [0.4, 0.5) is 0 Å². The molecule has 0 aromatic rings. The fourth-order valence-corrected chi connectivity index (χ4v) is 3.11. The van der Waals surface area contributed by atoms with Crippen molar-refractivity contribution in [3.63, 3.8) is 0 Å². The Morgan fingerprint density at radius 2 is 1.16 bits per heavy atom. The van der Waals surface area contributed by atoms with Gasteiger partial charge in [0.1, 0.15) is 18.1 Å². The van der Waals surface area contributed by atoms with Crippen molar-refractivity contribution in [2.45, 2.75) is 62.7 Å². The van der Waals surface area contributed by atoms with E-state index in [0.29, 0.717) is 45.2 Å². The summed E-state index contributed by atoms with van der Waals surface area (Å²) in [5.41, 5.74) is 16.8. The average Bonchev–Trinajstić information content (AvgIpc) is 2.74. The number of unbranched alkanes of at least 4 members (excludes halogenated alkanes) is 2. The Labute approximate surface area is 193 Å². The van der Waals surface area contributed by atoms with Gasteiger partial charge in [-0.25, -0.2) is 4.79 Å². The average molecular weight is 481 g/mol. The van der Waals surface area contributed by atoms with Crippen molar-refractivity contribution in [3.8, 4) is 0 Å². The third-order valence-electron chi connectivity index (χ3n) is 4.50. The number of thiol groups is 2. The third kappa shape index (κ3) is 12.2. The van der Waals surface area contributed by atoms with Crippen LogP contribution in [-0.4, -0.2) is 77.6 Å². The molecule has 3 amide bonds. The van der Waals surface area contributed by atoms with E-state index in [1.54, 1.807) is 0 Å². The molecular weight excluding hydrogens is 444 g/mol. The van der Waals surface area contributed by atoms with Crippen molar-refractivity contribution in [2.24, 2.45) is 17.2 Å². The lowest BCUT2D eigenvalue weighted by atomic mass is 10.1. The molecule has 4 atom stereocenters. The van der Waals surface area contributed by atoms with Gasteiger partial charge in [0.05, 0.1) is 6.04 Å². The molecule has 0 saturated heterocycles. The quantitative estimate of drug-likeness (QED) is 0.0837. The van der Waals surface area contributed by atoms with E-state index >= 15 is 0 Å². The molecule has 0 aliphatic carbocycles. The third-order valence-corrected chi connectivity index (χ3v) is 5.23. The molecule has 10 N–H and O–H groups in total. The Bertz CT molecular complexity index is 584. The van der Waals surface area contributed by atoms with Crippen LogP contribution in [0.2, 0.25) is 0 Å². The smallest absolute Gasteiger partial charge is 0.327 e. The highest BCUT2D eigenvalue weighted by Crippen LogP contribution is 2.05. The first kappa shape index (κ1) is 29.5. The largest absolute Gasteiger partial charge is 0.480 e. The number of aliphatic carboxylic acids is 1. The van der Waals surface area contributed by atoms with E-state index in [1.165, 1.54) is 0 Å². The van der Waals surface area contributed by atoms with Crippen LogP contribution >= 0.6 is 25.3 Å². The number of carboxylic acids is 1. The Morgan fingerprint density at radius 1 is 0.710 bits per heavy atom. The zero-order valence-corrected chi connectivity index (χ0v) is 19.4. The molecule has 0 fully saturated rings. The van der Waals surface area contributed by atoms with Gasteiger partial charge >= 0.3 is 5.97 Å². The standard InChI is InChI=1S/C18H36N6O5S2/c19-7-3-1-5-11(21)15(25)22-12(6-2-4-8-20)16(26)23-13(9-30)17(27)24-14(10-31)18(28)29/h11-14,30-31H,1-10,19-21H2,(H,22,25)(H,23,26)(H,24,27)(H,28,29). The van der Waals surface area contributed by atoms with E-state index in [4.69, 9.17) is 22.3 Å². The van der Waals surface area contributed by atoms with E-state index in [1.807, 2.05) is 0 Å². The fourth-order valence-electron chi connectivity index (χ4n) is 2.60. The highest BCUT2D eigenvalue weighted by atomic mass is 32.1. The second-order valence-corrected chi connectivity index (χ2v) is 7.79. The second kappa shape index (κ2) is 17.1. The summed E-state index contributed by atoms with van der Waals surface area (Å²) in [6.07, 6.45) is 3.40. The summed E-state index contributed by atoms with van der Waals surface area (Å²) in [5, 5.41) is 16.5. The molecule has 4 unspecified atom stereocenters. The molecule has 0 rings (SSSR count).